The first-order valence-corrected chi connectivity index (χ1v) is 18.6. The first-order valence-electron chi connectivity index (χ1n) is 17.8. The second-order valence-corrected chi connectivity index (χ2v) is 14.6. The maximum atomic E-state index is 6.27. The average Bonchev–Trinajstić information content (AvgIpc) is 3.79. The van der Waals surface area contributed by atoms with Crippen molar-refractivity contribution in [1.82, 2.24) is 0 Å². The van der Waals surface area contributed by atoms with Gasteiger partial charge in [-0.05, 0) is 90.3 Å². The zero-order valence-electron chi connectivity index (χ0n) is 28.1. The van der Waals surface area contributed by atoms with Gasteiger partial charge < -0.3 is 4.42 Å². The van der Waals surface area contributed by atoms with E-state index < -0.39 is 0 Å². The molecule has 0 fully saturated rings. The highest BCUT2D eigenvalue weighted by atomic mass is 32.1. The molecule has 2 heterocycles. The molecule has 11 aromatic rings. The Morgan fingerprint density at radius 2 is 0.788 bits per heavy atom. The van der Waals surface area contributed by atoms with Crippen molar-refractivity contribution in [3.05, 3.63) is 182 Å². The van der Waals surface area contributed by atoms with E-state index in [9.17, 15) is 0 Å². The van der Waals surface area contributed by atoms with Gasteiger partial charge in [0.25, 0.3) is 0 Å². The van der Waals surface area contributed by atoms with Crippen LogP contribution in [0, 0.1) is 0 Å². The maximum absolute atomic E-state index is 6.27. The summed E-state index contributed by atoms with van der Waals surface area (Å²) in [5, 5.41) is 10.0. The quantitative estimate of drug-likeness (QED) is 0.169. The zero-order valence-corrected chi connectivity index (χ0v) is 29.0. The summed E-state index contributed by atoms with van der Waals surface area (Å²) in [5.74, 6) is 0. The second kappa shape index (κ2) is 11.5. The lowest BCUT2D eigenvalue weighted by Crippen LogP contribution is -1.91. The minimum Gasteiger partial charge on any atom is -0.456 e. The van der Waals surface area contributed by atoms with Crippen molar-refractivity contribution in [3.63, 3.8) is 0 Å². The van der Waals surface area contributed by atoms with Crippen molar-refractivity contribution in [3.8, 4) is 44.5 Å². The van der Waals surface area contributed by atoms with Gasteiger partial charge >= 0.3 is 0 Å². The van der Waals surface area contributed by atoms with Crippen LogP contribution < -0.4 is 0 Å². The maximum Gasteiger partial charge on any atom is 0.136 e. The highest BCUT2D eigenvalue weighted by Gasteiger charge is 2.20. The van der Waals surface area contributed by atoms with Gasteiger partial charge in [0.15, 0.2) is 0 Å². The number of furan rings is 1. The van der Waals surface area contributed by atoms with Gasteiger partial charge in [0.1, 0.15) is 11.2 Å². The standard InChI is InChI=1S/C50H30OS/c1-2-14-34(35-21-11-24-44-49(35)40-19-7-9-23-43(40)51-44)33(13-1)31-27-29-32(30-28-31)47-36-15-3-5-17-38(36)48(39-18-6-4-16-37(39)47)42-22-12-26-46-50(42)41-20-8-10-25-45(41)52-46/h1-30H. The van der Waals surface area contributed by atoms with Gasteiger partial charge in [-0.15, -0.1) is 11.3 Å². The molecule has 2 heteroatoms. The first kappa shape index (κ1) is 29.3. The SMILES string of the molecule is c1ccc(-c2cccc3oc4ccccc4c23)c(-c2ccc(-c3c4ccccc4c(-c4cccc5sc6ccccc6c45)c4ccccc34)cc2)c1. The third-order valence-electron chi connectivity index (χ3n) is 10.7. The van der Waals surface area contributed by atoms with Gasteiger partial charge in [-0.3, -0.25) is 0 Å². The first-order chi connectivity index (χ1) is 25.8. The van der Waals surface area contributed by atoms with E-state index in [0.29, 0.717) is 0 Å². The minimum absolute atomic E-state index is 0.912. The molecule has 0 aliphatic rings. The lowest BCUT2D eigenvalue weighted by Gasteiger charge is -2.19. The highest BCUT2D eigenvalue weighted by molar-refractivity contribution is 7.25. The van der Waals surface area contributed by atoms with E-state index in [0.717, 1.165) is 21.9 Å². The molecule has 2 aromatic heterocycles. The lowest BCUT2D eigenvalue weighted by atomic mass is 9.84. The Bertz CT molecular complexity index is 3120. The van der Waals surface area contributed by atoms with E-state index in [1.165, 1.54) is 86.2 Å². The second-order valence-electron chi connectivity index (χ2n) is 13.5. The molecule has 11 rings (SSSR count). The highest BCUT2D eigenvalue weighted by Crippen LogP contribution is 2.48. The van der Waals surface area contributed by atoms with Gasteiger partial charge in [0, 0.05) is 30.9 Å². The molecule has 0 atom stereocenters. The number of hydrogen-bond acceptors (Lipinski definition) is 2. The van der Waals surface area contributed by atoms with Crippen LogP contribution in [0.1, 0.15) is 0 Å². The van der Waals surface area contributed by atoms with Crippen molar-refractivity contribution >= 4 is 75.0 Å². The molecule has 0 N–H and O–H groups in total. The van der Waals surface area contributed by atoms with Gasteiger partial charge in [-0.1, -0.05) is 158 Å². The average molecular weight is 679 g/mol. The number of hydrogen-bond donors (Lipinski definition) is 0. The molecule has 242 valence electrons. The molecule has 0 unspecified atom stereocenters. The number of para-hydroxylation sites is 1. The van der Waals surface area contributed by atoms with Crippen LogP contribution in [0.4, 0.5) is 0 Å². The van der Waals surface area contributed by atoms with E-state index in [-0.39, 0.29) is 0 Å². The van der Waals surface area contributed by atoms with Crippen molar-refractivity contribution in [2.24, 2.45) is 0 Å². The molecule has 0 bridgehead atoms. The molecular weight excluding hydrogens is 649 g/mol. The molecule has 0 radical (unpaired) electrons. The number of fused-ring (bicyclic) bond motifs is 8. The van der Waals surface area contributed by atoms with Crippen LogP contribution in [-0.4, -0.2) is 0 Å². The Morgan fingerprint density at radius 1 is 0.288 bits per heavy atom. The predicted octanol–water partition coefficient (Wildman–Crippen LogP) is 14.9. The zero-order chi connectivity index (χ0) is 34.2. The molecule has 52 heavy (non-hydrogen) atoms. The topological polar surface area (TPSA) is 13.1 Å². The predicted molar refractivity (Wildman–Crippen MR) is 223 cm³/mol. The normalized spacial score (nSPS) is 11.8. The Labute approximate surface area is 304 Å². The van der Waals surface area contributed by atoms with Gasteiger partial charge in [0.2, 0.25) is 0 Å². The Kier molecular flexibility index (Phi) is 6.49. The lowest BCUT2D eigenvalue weighted by molar-refractivity contribution is 0.669. The fourth-order valence-corrected chi connectivity index (χ4v) is 9.63. The Hall–Kier alpha value is -6.48. The van der Waals surface area contributed by atoms with Crippen molar-refractivity contribution in [2.45, 2.75) is 0 Å². The molecule has 9 aromatic carbocycles. The summed E-state index contributed by atoms with van der Waals surface area (Å²) < 4.78 is 8.92. The Balaban J connectivity index is 1.10. The van der Waals surface area contributed by atoms with E-state index >= 15 is 0 Å². The van der Waals surface area contributed by atoms with Crippen molar-refractivity contribution < 1.29 is 4.42 Å². The summed E-state index contributed by atoms with van der Waals surface area (Å²) in [6.07, 6.45) is 0. The number of thiophene rings is 1. The molecule has 0 aliphatic heterocycles. The summed E-state index contributed by atoms with van der Waals surface area (Å²) in [6.45, 7) is 0. The smallest absolute Gasteiger partial charge is 0.136 e. The fraction of sp³-hybridized carbons (Fsp3) is 0. The van der Waals surface area contributed by atoms with E-state index in [2.05, 4.69) is 170 Å². The van der Waals surface area contributed by atoms with Crippen LogP contribution in [0.25, 0.3) is 108 Å². The summed E-state index contributed by atoms with van der Waals surface area (Å²) in [5.41, 5.74) is 11.7. The minimum atomic E-state index is 0.912. The van der Waals surface area contributed by atoms with Gasteiger partial charge in [-0.25, -0.2) is 0 Å². The molecule has 0 aliphatic carbocycles. The van der Waals surface area contributed by atoms with Gasteiger partial charge in [-0.2, -0.15) is 0 Å². The number of rotatable bonds is 4. The Morgan fingerprint density at radius 3 is 1.54 bits per heavy atom. The summed E-state index contributed by atoms with van der Waals surface area (Å²) in [4.78, 5) is 0. The molecular formula is C50H30OS. The van der Waals surface area contributed by atoms with E-state index in [1.807, 2.05) is 23.5 Å². The van der Waals surface area contributed by atoms with E-state index in [1.54, 1.807) is 0 Å². The molecule has 0 saturated heterocycles. The fourth-order valence-electron chi connectivity index (χ4n) is 8.50. The van der Waals surface area contributed by atoms with Crippen molar-refractivity contribution in [2.75, 3.05) is 0 Å². The largest absolute Gasteiger partial charge is 0.456 e. The van der Waals surface area contributed by atoms with Crippen molar-refractivity contribution in [1.29, 1.82) is 0 Å². The van der Waals surface area contributed by atoms with Crippen LogP contribution in [0.2, 0.25) is 0 Å². The molecule has 0 spiro atoms. The third-order valence-corrected chi connectivity index (χ3v) is 11.8. The van der Waals surface area contributed by atoms with Crippen LogP contribution >= 0.6 is 11.3 Å². The molecule has 0 saturated carbocycles. The summed E-state index contributed by atoms with van der Waals surface area (Å²) in [6, 6.07) is 66.2. The van der Waals surface area contributed by atoms with Crippen LogP contribution in [-0.2, 0) is 0 Å². The van der Waals surface area contributed by atoms with Crippen LogP contribution in [0.15, 0.2) is 186 Å². The summed E-state index contributed by atoms with van der Waals surface area (Å²) >= 11 is 1.88. The monoisotopic (exact) mass is 678 g/mol. The van der Waals surface area contributed by atoms with E-state index in [4.69, 9.17) is 4.42 Å². The van der Waals surface area contributed by atoms with Crippen LogP contribution in [0.5, 0.6) is 0 Å². The molecule has 0 amide bonds. The van der Waals surface area contributed by atoms with Gasteiger partial charge in [0.05, 0.1) is 0 Å². The summed E-state index contributed by atoms with van der Waals surface area (Å²) in [7, 11) is 0. The van der Waals surface area contributed by atoms with Crippen LogP contribution in [0.3, 0.4) is 0 Å². The molecule has 1 nitrogen and oxygen atoms in total. The third kappa shape index (κ3) is 4.35. The number of benzene rings is 9.